The summed E-state index contributed by atoms with van der Waals surface area (Å²) in [6, 6.07) is 14.1. The maximum absolute atomic E-state index is 5.43. The van der Waals surface area contributed by atoms with Crippen LogP contribution in [0.2, 0.25) is 0 Å². The van der Waals surface area contributed by atoms with E-state index in [1.54, 1.807) is 27.5 Å². The summed E-state index contributed by atoms with van der Waals surface area (Å²) >= 11 is 0. The fourth-order valence-electron chi connectivity index (χ4n) is 2.69. The lowest BCUT2D eigenvalue weighted by Gasteiger charge is -2.15. The Kier molecular flexibility index (Phi) is 4.70. The monoisotopic (exact) mass is 324 g/mol. The fourth-order valence-corrected chi connectivity index (χ4v) is 2.69. The van der Waals surface area contributed by atoms with Gasteiger partial charge in [-0.25, -0.2) is 4.98 Å². The van der Waals surface area contributed by atoms with Crippen LogP contribution >= 0.6 is 0 Å². The number of imidazole rings is 1. The molecule has 3 rings (SSSR count). The van der Waals surface area contributed by atoms with E-state index < -0.39 is 0 Å². The predicted molar refractivity (Wildman–Crippen MR) is 92.9 cm³/mol. The lowest BCUT2D eigenvalue weighted by molar-refractivity contribution is 0.324. The van der Waals surface area contributed by atoms with E-state index in [-0.39, 0.29) is 0 Å². The summed E-state index contributed by atoms with van der Waals surface area (Å²) in [7, 11) is 4.81. The van der Waals surface area contributed by atoms with Gasteiger partial charge in [0.25, 0.3) is 0 Å². The van der Waals surface area contributed by atoms with Crippen LogP contribution in [0.4, 0.5) is 0 Å². The molecule has 0 amide bonds. The van der Waals surface area contributed by atoms with Crippen LogP contribution in [0.5, 0.6) is 17.2 Å². The van der Waals surface area contributed by atoms with Gasteiger partial charge in [0.05, 0.1) is 21.3 Å². The Bertz CT molecular complexity index is 787. The first-order valence-electron chi connectivity index (χ1n) is 7.62. The van der Waals surface area contributed by atoms with Crippen LogP contribution < -0.4 is 14.2 Å². The van der Waals surface area contributed by atoms with Crippen molar-refractivity contribution in [3.05, 3.63) is 60.4 Å². The highest BCUT2D eigenvalue weighted by molar-refractivity contribution is 5.67. The van der Waals surface area contributed by atoms with Crippen molar-refractivity contribution in [2.75, 3.05) is 21.3 Å². The first-order chi connectivity index (χ1) is 11.8. The maximum Gasteiger partial charge on any atom is 0.203 e. The van der Waals surface area contributed by atoms with Gasteiger partial charge in [-0.2, -0.15) is 0 Å². The second kappa shape index (κ2) is 7.08. The van der Waals surface area contributed by atoms with Gasteiger partial charge in [-0.3, -0.25) is 0 Å². The van der Waals surface area contributed by atoms with Gasteiger partial charge in [0.15, 0.2) is 11.5 Å². The van der Waals surface area contributed by atoms with Crippen molar-refractivity contribution in [1.82, 2.24) is 9.55 Å². The molecule has 0 bridgehead atoms. The van der Waals surface area contributed by atoms with Crippen molar-refractivity contribution in [1.29, 1.82) is 0 Å². The molecule has 124 valence electrons. The largest absolute Gasteiger partial charge is 0.493 e. The summed E-state index contributed by atoms with van der Waals surface area (Å²) in [5.74, 6) is 2.64. The highest BCUT2D eigenvalue weighted by Gasteiger charge is 2.16. The molecule has 2 aromatic carbocycles. The number of aromatic nitrogens is 2. The van der Waals surface area contributed by atoms with Crippen LogP contribution in [0.15, 0.2) is 54.9 Å². The molecule has 0 N–H and O–H groups in total. The summed E-state index contributed by atoms with van der Waals surface area (Å²) in [6.07, 6.45) is 3.76. The van der Waals surface area contributed by atoms with Crippen molar-refractivity contribution < 1.29 is 14.2 Å². The fraction of sp³-hybridized carbons (Fsp3) is 0.211. The lowest BCUT2D eigenvalue weighted by Crippen LogP contribution is -2.02. The topological polar surface area (TPSA) is 45.5 Å². The Morgan fingerprint density at radius 1 is 0.917 bits per heavy atom. The summed E-state index contributed by atoms with van der Waals surface area (Å²) in [4.78, 5) is 4.50. The molecule has 0 saturated heterocycles. The number of methoxy groups -OCH3 is 3. The van der Waals surface area contributed by atoms with Gasteiger partial charge in [0.2, 0.25) is 5.75 Å². The average molecular weight is 324 g/mol. The molecule has 0 radical (unpaired) electrons. The zero-order valence-electron chi connectivity index (χ0n) is 14.0. The molecular formula is C19H20N2O3. The maximum atomic E-state index is 5.43. The van der Waals surface area contributed by atoms with Gasteiger partial charge in [-0.1, -0.05) is 30.3 Å². The SMILES string of the molecule is COc1cc(-c2nccn2Cc2ccccc2)cc(OC)c1OC. The molecule has 0 spiro atoms. The van der Waals surface area contributed by atoms with Crippen LogP contribution in [0.25, 0.3) is 11.4 Å². The lowest BCUT2D eigenvalue weighted by atomic mass is 10.1. The molecule has 0 fully saturated rings. The van der Waals surface area contributed by atoms with E-state index in [0.717, 1.165) is 17.9 Å². The first-order valence-corrected chi connectivity index (χ1v) is 7.62. The summed E-state index contributed by atoms with van der Waals surface area (Å²) < 4.78 is 18.3. The molecule has 5 nitrogen and oxygen atoms in total. The Labute approximate surface area is 141 Å². The second-order valence-corrected chi connectivity index (χ2v) is 5.28. The van der Waals surface area contributed by atoms with Crippen LogP contribution in [0, 0.1) is 0 Å². The molecule has 0 aliphatic heterocycles. The Balaban J connectivity index is 2.02. The summed E-state index contributed by atoms with van der Waals surface area (Å²) in [5, 5.41) is 0. The third kappa shape index (κ3) is 3.06. The number of hydrogen-bond donors (Lipinski definition) is 0. The summed E-state index contributed by atoms with van der Waals surface area (Å²) in [6.45, 7) is 0.743. The minimum atomic E-state index is 0.574. The molecule has 0 unspecified atom stereocenters. The van der Waals surface area contributed by atoms with Crippen molar-refractivity contribution in [2.45, 2.75) is 6.54 Å². The molecule has 0 saturated carbocycles. The number of hydrogen-bond acceptors (Lipinski definition) is 4. The normalized spacial score (nSPS) is 10.5. The Morgan fingerprint density at radius 2 is 1.58 bits per heavy atom. The van der Waals surface area contributed by atoms with Crippen LogP contribution in [0.1, 0.15) is 5.56 Å². The molecule has 0 aliphatic carbocycles. The van der Waals surface area contributed by atoms with E-state index in [1.165, 1.54) is 5.56 Å². The van der Waals surface area contributed by atoms with Crippen molar-refractivity contribution >= 4 is 0 Å². The van der Waals surface area contributed by atoms with Gasteiger partial charge in [-0.15, -0.1) is 0 Å². The van der Waals surface area contributed by atoms with E-state index in [4.69, 9.17) is 14.2 Å². The van der Waals surface area contributed by atoms with Gasteiger partial charge in [-0.05, 0) is 17.7 Å². The van der Waals surface area contributed by atoms with Crippen molar-refractivity contribution in [3.63, 3.8) is 0 Å². The Hall–Kier alpha value is -2.95. The van der Waals surface area contributed by atoms with Gasteiger partial charge < -0.3 is 18.8 Å². The highest BCUT2D eigenvalue weighted by Crippen LogP contribution is 2.40. The predicted octanol–water partition coefficient (Wildman–Crippen LogP) is 3.62. The van der Waals surface area contributed by atoms with Crippen LogP contribution in [0.3, 0.4) is 0 Å². The van der Waals surface area contributed by atoms with Gasteiger partial charge >= 0.3 is 0 Å². The molecule has 1 aromatic heterocycles. The molecule has 1 heterocycles. The highest BCUT2D eigenvalue weighted by atomic mass is 16.5. The molecule has 3 aromatic rings. The average Bonchev–Trinajstić information content (AvgIpc) is 3.09. The molecule has 0 aliphatic rings. The number of rotatable bonds is 6. The minimum absolute atomic E-state index is 0.574. The smallest absolute Gasteiger partial charge is 0.203 e. The second-order valence-electron chi connectivity index (χ2n) is 5.28. The first kappa shape index (κ1) is 15.9. The van der Waals surface area contributed by atoms with Gasteiger partial charge in [0, 0.05) is 24.5 Å². The third-order valence-electron chi connectivity index (χ3n) is 3.83. The van der Waals surface area contributed by atoms with Crippen LogP contribution in [-0.4, -0.2) is 30.9 Å². The molecule has 24 heavy (non-hydrogen) atoms. The molecular weight excluding hydrogens is 304 g/mol. The third-order valence-corrected chi connectivity index (χ3v) is 3.83. The van der Waals surface area contributed by atoms with E-state index in [9.17, 15) is 0 Å². The zero-order valence-corrected chi connectivity index (χ0v) is 14.0. The molecule has 0 atom stereocenters. The quantitative estimate of drug-likeness (QED) is 0.695. The zero-order chi connectivity index (χ0) is 16.9. The Morgan fingerprint density at radius 3 is 2.17 bits per heavy atom. The van der Waals surface area contributed by atoms with Gasteiger partial charge in [0.1, 0.15) is 5.82 Å². The van der Waals surface area contributed by atoms with E-state index in [0.29, 0.717) is 17.2 Å². The van der Waals surface area contributed by atoms with Crippen LogP contribution in [-0.2, 0) is 6.54 Å². The molecule has 5 heteroatoms. The van der Waals surface area contributed by atoms with E-state index in [2.05, 4.69) is 21.7 Å². The minimum Gasteiger partial charge on any atom is -0.493 e. The number of benzene rings is 2. The van der Waals surface area contributed by atoms with E-state index in [1.807, 2.05) is 36.5 Å². The van der Waals surface area contributed by atoms with E-state index >= 15 is 0 Å². The van der Waals surface area contributed by atoms with Crippen molar-refractivity contribution in [2.24, 2.45) is 0 Å². The standard InChI is InChI=1S/C19H20N2O3/c1-22-16-11-15(12-17(23-2)18(16)24-3)19-20-9-10-21(19)13-14-7-5-4-6-8-14/h4-12H,13H2,1-3H3. The number of nitrogens with zero attached hydrogens (tertiary/aromatic N) is 2. The number of ether oxygens (including phenoxy) is 3. The summed E-state index contributed by atoms with van der Waals surface area (Å²) in [5.41, 5.74) is 2.12. The van der Waals surface area contributed by atoms with Crippen molar-refractivity contribution in [3.8, 4) is 28.6 Å².